The summed E-state index contributed by atoms with van der Waals surface area (Å²) in [5.41, 5.74) is 3.60. The number of carbonyl (C=O) groups is 1. The summed E-state index contributed by atoms with van der Waals surface area (Å²) in [5, 5.41) is 16.9. The normalized spacial score (nSPS) is 18.7. The standard InChI is InChI=1S/C21H28F3N3O2/c1-5-19(3,4)12-13(2)17(18(25)29)16(28)11-8-14-6-9-15(10-7-14)20(26-27-20)21(22,23)24/h5-7,9-10,13,16-17,28H,1,8,11-12H2,2-4H3,(H2,25,29). The van der Waals surface area contributed by atoms with Crippen LogP contribution in [0.25, 0.3) is 0 Å². The van der Waals surface area contributed by atoms with E-state index in [1.807, 2.05) is 26.8 Å². The van der Waals surface area contributed by atoms with Crippen LogP contribution in [0.1, 0.15) is 44.7 Å². The van der Waals surface area contributed by atoms with Crippen molar-refractivity contribution >= 4 is 5.91 Å². The van der Waals surface area contributed by atoms with Crippen LogP contribution >= 0.6 is 0 Å². The Hall–Kier alpha value is -2.22. The summed E-state index contributed by atoms with van der Waals surface area (Å²) in [6, 6.07) is 5.80. The number of rotatable bonds is 10. The Morgan fingerprint density at radius 1 is 1.28 bits per heavy atom. The molecule has 0 bridgehead atoms. The molecule has 0 saturated carbocycles. The van der Waals surface area contributed by atoms with Crippen molar-refractivity contribution in [1.82, 2.24) is 0 Å². The summed E-state index contributed by atoms with van der Waals surface area (Å²) in [7, 11) is 0. The molecule has 3 atom stereocenters. The lowest BCUT2D eigenvalue weighted by Gasteiger charge is -2.31. The molecule has 1 heterocycles. The number of hydrogen-bond acceptors (Lipinski definition) is 4. The molecule has 1 aromatic rings. The second kappa shape index (κ2) is 8.26. The van der Waals surface area contributed by atoms with E-state index in [1.165, 1.54) is 12.1 Å². The van der Waals surface area contributed by atoms with E-state index in [-0.39, 0.29) is 23.3 Å². The molecule has 0 saturated heterocycles. The molecule has 0 radical (unpaired) electrons. The SMILES string of the molecule is C=CC(C)(C)CC(C)C(C(N)=O)C(O)CCc1ccc(C2(C(F)(F)F)N=N2)cc1. The highest BCUT2D eigenvalue weighted by Gasteiger charge is 2.65. The highest BCUT2D eigenvalue weighted by Crippen LogP contribution is 2.52. The van der Waals surface area contributed by atoms with Gasteiger partial charge in [0.2, 0.25) is 5.91 Å². The Kier molecular flexibility index (Phi) is 6.57. The molecule has 29 heavy (non-hydrogen) atoms. The predicted octanol–water partition coefficient (Wildman–Crippen LogP) is 4.50. The summed E-state index contributed by atoms with van der Waals surface area (Å²) >= 11 is 0. The van der Waals surface area contributed by atoms with Gasteiger partial charge >= 0.3 is 11.8 Å². The van der Waals surface area contributed by atoms with Crippen molar-refractivity contribution in [2.45, 2.75) is 58.0 Å². The number of halogens is 3. The first-order chi connectivity index (χ1) is 13.3. The van der Waals surface area contributed by atoms with Crippen LogP contribution in [-0.2, 0) is 16.9 Å². The molecule has 0 aromatic heterocycles. The third kappa shape index (κ3) is 5.23. The van der Waals surface area contributed by atoms with Gasteiger partial charge in [0.15, 0.2) is 0 Å². The Bertz CT molecular complexity index is 766. The predicted molar refractivity (Wildman–Crippen MR) is 104 cm³/mol. The highest BCUT2D eigenvalue weighted by atomic mass is 19.4. The second-order valence-electron chi connectivity index (χ2n) is 8.48. The van der Waals surface area contributed by atoms with Gasteiger partial charge < -0.3 is 10.8 Å². The van der Waals surface area contributed by atoms with Gasteiger partial charge in [-0.15, -0.1) is 16.8 Å². The monoisotopic (exact) mass is 411 g/mol. The molecule has 3 N–H and O–H groups in total. The van der Waals surface area contributed by atoms with E-state index < -0.39 is 29.8 Å². The minimum Gasteiger partial charge on any atom is -0.392 e. The van der Waals surface area contributed by atoms with Crippen LogP contribution in [0.5, 0.6) is 0 Å². The third-order valence-corrected chi connectivity index (χ3v) is 5.54. The molecule has 1 amide bonds. The number of aryl methyl sites for hydroxylation is 1. The van der Waals surface area contributed by atoms with Gasteiger partial charge in [-0.05, 0) is 36.2 Å². The summed E-state index contributed by atoms with van der Waals surface area (Å²) in [5.74, 6) is -1.43. The van der Waals surface area contributed by atoms with E-state index in [9.17, 15) is 23.1 Å². The van der Waals surface area contributed by atoms with Crippen LogP contribution in [-0.4, -0.2) is 23.3 Å². The van der Waals surface area contributed by atoms with E-state index in [0.29, 0.717) is 12.8 Å². The van der Waals surface area contributed by atoms with Crippen molar-refractivity contribution in [3.63, 3.8) is 0 Å². The fraction of sp³-hybridized carbons (Fsp3) is 0.571. The van der Waals surface area contributed by atoms with Crippen LogP contribution in [0.3, 0.4) is 0 Å². The van der Waals surface area contributed by atoms with Crippen LogP contribution in [0.15, 0.2) is 47.1 Å². The summed E-state index contributed by atoms with van der Waals surface area (Å²) in [6.45, 7) is 9.65. The quantitative estimate of drug-likeness (QED) is 0.555. The average Bonchev–Trinajstić information content (AvgIpc) is 3.41. The van der Waals surface area contributed by atoms with Crippen LogP contribution in [0.2, 0.25) is 0 Å². The number of aliphatic hydroxyl groups is 1. The molecular weight excluding hydrogens is 383 g/mol. The van der Waals surface area contributed by atoms with Crippen molar-refractivity contribution in [3.05, 3.63) is 48.0 Å². The number of benzene rings is 1. The van der Waals surface area contributed by atoms with Crippen LogP contribution in [0, 0.1) is 17.3 Å². The molecule has 5 nitrogen and oxygen atoms in total. The molecule has 1 aliphatic heterocycles. The van der Waals surface area contributed by atoms with E-state index in [1.54, 1.807) is 12.1 Å². The first-order valence-electron chi connectivity index (χ1n) is 9.54. The smallest absolute Gasteiger partial charge is 0.392 e. The number of aliphatic hydroxyl groups excluding tert-OH is 1. The van der Waals surface area contributed by atoms with Gasteiger partial charge in [0, 0.05) is 5.56 Å². The second-order valence-corrected chi connectivity index (χ2v) is 8.48. The van der Waals surface area contributed by atoms with E-state index in [0.717, 1.165) is 5.56 Å². The Balaban J connectivity index is 2.00. The number of amides is 1. The minimum atomic E-state index is -4.56. The van der Waals surface area contributed by atoms with Crippen molar-refractivity contribution in [1.29, 1.82) is 0 Å². The maximum absolute atomic E-state index is 13.0. The van der Waals surface area contributed by atoms with E-state index in [2.05, 4.69) is 16.8 Å². The summed E-state index contributed by atoms with van der Waals surface area (Å²) in [4.78, 5) is 11.9. The van der Waals surface area contributed by atoms with Crippen molar-refractivity contribution in [2.75, 3.05) is 0 Å². The van der Waals surface area contributed by atoms with Gasteiger partial charge in [0.1, 0.15) is 0 Å². The maximum Gasteiger partial charge on any atom is 0.442 e. The fourth-order valence-electron chi connectivity index (χ4n) is 3.73. The Morgan fingerprint density at radius 2 is 1.83 bits per heavy atom. The molecule has 2 rings (SSSR count). The van der Waals surface area contributed by atoms with Crippen molar-refractivity contribution < 1.29 is 23.1 Å². The summed E-state index contributed by atoms with van der Waals surface area (Å²) in [6.07, 6.45) is -2.39. The number of hydrogen-bond donors (Lipinski definition) is 2. The van der Waals surface area contributed by atoms with Gasteiger partial charge in [-0.25, -0.2) is 0 Å². The highest BCUT2D eigenvalue weighted by molar-refractivity contribution is 5.77. The molecule has 1 aromatic carbocycles. The average molecular weight is 411 g/mol. The third-order valence-electron chi connectivity index (χ3n) is 5.54. The van der Waals surface area contributed by atoms with E-state index in [4.69, 9.17) is 5.73 Å². The Morgan fingerprint density at radius 3 is 2.24 bits per heavy atom. The first kappa shape index (κ1) is 23.1. The number of nitrogens with zero attached hydrogens (tertiary/aromatic N) is 2. The molecule has 0 aliphatic carbocycles. The number of alkyl halides is 3. The Labute approximate surface area is 168 Å². The molecule has 0 spiro atoms. The zero-order chi connectivity index (χ0) is 22.0. The van der Waals surface area contributed by atoms with Gasteiger partial charge in [-0.1, -0.05) is 51.1 Å². The largest absolute Gasteiger partial charge is 0.442 e. The van der Waals surface area contributed by atoms with Crippen LogP contribution in [0.4, 0.5) is 13.2 Å². The fourth-order valence-corrected chi connectivity index (χ4v) is 3.73. The molecule has 3 unspecified atom stereocenters. The van der Waals surface area contributed by atoms with Gasteiger partial charge in [-0.3, -0.25) is 4.79 Å². The molecular formula is C21H28F3N3O2. The topological polar surface area (TPSA) is 88.0 Å². The number of carbonyl (C=O) groups excluding carboxylic acids is 1. The zero-order valence-electron chi connectivity index (χ0n) is 16.9. The lowest BCUT2D eigenvalue weighted by molar-refractivity contribution is -0.166. The van der Waals surface area contributed by atoms with Crippen LogP contribution < -0.4 is 5.73 Å². The van der Waals surface area contributed by atoms with Gasteiger partial charge in [0.25, 0.3) is 0 Å². The molecule has 8 heteroatoms. The van der Waals surface area contributed by atoms with Crippen molar-refractivity contribution in [2.24, 2.45) is 33.2 Å². The summed E-state index contributed by atoms with van der Waals surface area (Å²) < 4.78 is 39.1. The molecule has 160 valence electrons. The van der Waals surface area contributed by atoms with Gasteiger partial charge in [-0.2, -0.15) is 13.2 Å². The number of nitrogens with two attached hydrogens (primary N) is 1. The maximum atomic E-state index is 13.0. The lowest BCUT2D eigenvalue weighted by atomic mass is 9.75. The molecule has 0 fully saturated rings. The van der Waals surface area contributed by atoms with E-state index >= 15 is 0 Å². The van der Waals surface area contributed by atoms with Gasteiger partial charge in [0.05, 0.1) is 12.0 Å². The number of primary amides is 1. The van der Waals surface area contributed by atoms with Crippen molar-refractivity contribution in [3.8, 4) is 0 Å². The lowest BCUT2D eigenvalue weighted by Crippen LogP contribution is -2.39. The molecule has 1 aliphatic rings. The zero-order valence-corrected chi connectivity index (χ0v) is 16.9. The first-order valence-corrected chi connectivity index (χ1v) is 9.54. The number of allylic oxidation sites excluding steroid dienone is 1. The minimum absolute atomic E-state index is 0.0374.